The maximum Gasteiger partial charge on any atom is 0.337 e. The standard InChI is InChI=1S/C17H20N4O2/c1-4-10-19-11-18-15-14(19)16(22)20(5-2)17(23)21(15)13-8-6-12(3)7-9-13/h6-9,11H,4-5,10H2,1-3H3. The first-order valence-corrected chi connectivity index (χ1v) is 7.86. The van der Waals surface area contributed by atoms with Gasteiger partial charge in [-0.3, -0.25) is 9.36 Å². The van der Waals surface area contributed by atoms with Crippen molar-refractivity contribution in [2.45, 2.75) is 40.3 Å². The number of aromatic nitrogens is 4. The Morgan fingerprint density at radius 1 is 1.09 bits per heavy atom. The molecular weight excluding hydrogens is 292 g/mol. The van der Waals surface area contributed by atoms with E-state index in [1.807, 2.05) is 42.7 Å². The third-order valence-corrected chi connectivity index (χ3v) is 3.97. The third kappa shape index (κ3) is 2.40. The largest absolute Gasteiger partial charge is 0.337 e. The first-order valence-electron chi connectivity index (χ1n) is 7.86. The molecule has 0 atom stereocenters. The van der Waals surface area contributed by atoms with Crippen LogP contribution in [0.25, 0.3) is 16.9 Å². The van der Waals surface area contributed by atoms with Gasteiger partial charge in [-0.05, 0) is 32.4 Å². The van der Waals surface area contributed by atoms with Crippen LogP contribution in [-0.2, 0) is 13.1 Å². The number of fused-ring (bicyclic) bond motifs is 1. The zero-order chi connectivity index (χ0) is 16.6. The minimum absolute atomic E-state index is 0.276. The van der Waals surface area contributed by atoms with Gasteiger partial charge in [0.1, 0.15) is 0 Å². The van der Waals surface area contributed by atoms with Gasteiger partial charge in [-0.2, -0.15) is 0 Å². The SMILES string of the molecule is CCCn1cnc2c1c(=O)n(CC)c(=O)n2-c1ccc(C)cc1. The Morgan fingerprint density at radius 3 is 2.39 bits per heavy atom. The minimum atomic E-state index is -0.351. The molecule has 0 spiro atoms. The Balaban J connectivity index is 2.43. The average Bonchev–Trinajstić information content (AvgIpc) is 2.94. The number of imidazole rings is 1. The average molecular weight is 312 g/mol. The van der Waals surface area contributed by atoms with Crippen molar-refractivity contribution < 1.29 is 0 Å². The van der Waals surface area contributed by atoms with E-state index >= 15 is 0 Å². The highest BCUT2D eigenvalue weighted by atomic mass is 16.2. The number of hydrogen-bond donors (Lipinski definition) is 0. The first-order chi connectivity index (χ1) is 11.1. The zero-order valence-corrected chi connectivity index (χ0v) is 13.6. The second-order valence-corrected chi connectivity index (χ2v) is 5.61. The molecule has 0 aliphatic heterocycles. The fraction of sp³-hybridized carbons (Fsp3) is 0.353. The molecule has 0 saturated heterocycles. The predicted octanol–water partition coefficient (Wildman–Crippen LogP) is 2.09. The normalized spacial score (nSPS) is 11.3. The van der Waals surface area contributed by atoms with Gasteiger partial charge in [0.15, 0.2) is 11.2 Å². The highest BCUT2D eigenvalue weighted by molar-refractivity contribution is 5.72. The molecule has 0 aliphatic rings. The van der Waals surface area contributed by atoms with Gasteiger partial charge in [-0.1, -0.05) is 24.6 Å². The molecule has 0 bridgehead atoms. The molecule has 0 aliphatic carbocycles. The van der Waals surface area contributed by atoms with Crippen LogP contribution in [-0.4, -0.2) is 18.7 Å². The van der Waals surface area contributed by atoms with E-state index in [2.05, 4.69) is 4.98 Å². The summed E-state index contributed by atoms with van der Waals surface area (Å²) in [5.74, 6) is 0. The van der Waals surface area contributed by atoms with Gasteiger partial charge in [0.2, 0.25) is 0 Å². The van der Waals surface area contributed by atoms with E-state index in [0.717, 1.165) is 17.7 Å². The van der Waals surface area contributed by atoms with Crippen molar-refractivity contribution in [1.29, 1.82) is 0 Å². The van der Waals surface area contributed by atoms with E-state index in [0.29, 0.717) is 24.3 Å². The zero-order valence-electron chi connectivity index (χ0n) is 13.6. The molecule has 1 aromatic carbocycles. The number of hydrogen-bond acceptors (Lipinski definition) is 3. The molecule has 3 rings (SSSR count). The number of nitrogens with zero attached hydrogens (tertiary/aromatic N) is 4. The highest BCUT2D eigenvalue weighted by Crippen LogP contribution is 2.14. The quantitative estimate of drug-likeness (QED) is 0.741. The van der Waals surface area contributed by atoms with Crippen LogP contribution in [0.15, 0.2) is 40.2 Å². The molecule has 0 fully saturated rings. The van der Waals surface area contributed by atoms with Crippen LogP contribution in [0.4, 0.5) is 0 Å². The maximum absolute atomic E-state index is 12.8. The molecule has 0 saturated carbocycles. The third-order valence-electron chi connectivity index (χ3n) is 3.97. The van der Waals surface area contributed by atoms with Gasteiger partial charge in [0.05, 0.1) is 12.0 Å². The second kappa shape index (κ2) is 5.87. The summed E-state index contributed by atoms with van der Waals surface area (Å²) in [5, 5.41) is 0. The van der Waals surface area contributed by atoms with Crippen molar-refractivity contribution >= 4 is 11.2 Å². The minimum Gasteiger partial charge on any atom is -0.325 e. The summed E-state index contributed by atoms with van der Waals surface area (Å²) in [4.78, 5) is 29.8. The molecule has 0 radical (unpaired) electrons. The molecule has 6 nitrogen and oxygen atoms in total. The summed E-state index contributed by atoms with van der Waals surface area (Å²) in [6.07, 6.45) is 2.53. The Morgan fingerprint density at radius 2 is 1.78 bits per heavy atom. The second-order valence-electron chi connectivity index (χ2n) is 5.61. The molecule has 23 heavy (non-hydrogen) atoms. The molecule has 120 valence electrons. The summed E-state index contributed by atoms with van der Waals surface area (Å²) in [6, 6.07) is 7.63. The van der Waals surface area contributed by atoms with Crippen molar-refractivity contribution in [3.05, 3.63) is 57.0 Å². The molecule has 6 heteroatoms. The lowest BCUT2D eigenvalue weighted by Crippen LogP contribution is -2.39. The van der Waals surface area contributed by atoms with E-state index in [4.69, 9.17) is 0 Å². The lowest BCUT2D eigenvalue weighted by Gasteiger charge is -2.11. The smallest absolute Gasteiger partial charge is 0.325 e. The monoisotopic (exact) mass is 312 g/mol. The van der Waals surface area contributed by atoms with Crippen LogP contribution < -0.4 is 11.2 Å². The van der Waals surface area contributed by atoms with Gasteiger partial charge in [-0.15, -0.1) is 0 Å². The van der Waals surface area contributed by atoms with E-state index in [9.17, 15) is 9.59 Å². The fourth-order valence-electron chi connectivity index (χ4n) is 2.80. The van der Waals surface area contributed by atoms with E-state index in [1.165, 1.54) is 9.13 Å². The van der Waals surface area contributed by atoms with E-state index < -0.39 is 0 Å². The fourth-order valence-corrected chi connectivity index (χ4v) is 2.80. The Hall–Kier alpha value is -2.63. The van der Waals surface area contributed by atoms with Crippen molar-refractivity contribution in [3.63, 3.8) is 0 Å². The number of benzene rings is 1. The highest BCUT2D eigenvalue weighted by Gasteiger charge is 2.18. The van der Waals surface area contributed by atoms with Crippen LogP contribution in [0.2, 0.25) is 0 Å². The number of aryl methyl sites for hydroxylation is 2. The summed E-state index contributed by atoms with van der Waals surface area (Å²) in [7, 11) is 0. The van der Waals surface area contributed by atoms with Crippen molar-refractivity contribution in [1.82, 2.24) is 18.7 Å². The van der Waals surface area contributed by atoms with Gasteiger partial charge < -0.3 is 4.57 Å². The van der Waals surface area contributed by atoms with Crippen LogP contribution in [0.5, 0.6) is 0 Å². The van der Waals surface area contributed by atoms with Crippen LogP contribution >= 0.6 is 0 Å². The maximum atomic E-state index is 12.8. The Bertz CT molecular complexity index is 961. The van der Waals surface area contributed by atoms with E-state index in [-0.39, 0.29) is 11.2 Å². The molecule has 0 amide bonds. The Labute approximate surface area is 133 Å². The lowest BCUT2D eigenvalue weighted by atomic mass is 10.2. The first kappa shape index (κ1) is 15.3. The number of rotatable bonds is 4. The van der Waals surface area contributed by atoms with E-state index in [1.54, 1.807) is 13.3 Å². The summed E-state index contributed by atoms with van der Waals surface area (Å²) >= 11 is 0. The van der Waals surface area contributed by atoms with Crippen molar-refractivity contribution in [3.8, 4) is 5.69 Å². The predicted molar refractivity (Wildman–Crippen MR) is 90.3 cm³/mol. The van der Waals surface area contributed by atoms with Gasteiger partial charge in [0, 0.05) is 13.1 Å². The van der Waals surface area contributed by atoms with Gasteiger partial charge in [0.25, 0.3) is 5.56 Å². The summed E-state index contributed by atoms with van der Waals surface area (Å²) in [5.41, 5.74) is 2.10. The molecule has 0 unspecified atom stereocenters. The summed E-state index contributed by atoms with van der Waals surface area (Å²) < 4.78 is 4.61. The molecule has 0 N–H and O–H groups in total. The van der Waals surface area contributed by atoms with Gasteiger partial charge in [-0.25, -0.2) is 14.3 Å². The molecule has 2 aromatic heterocycles. The molecule has 2 heterocycles. The molecule has 3 aromatic rings. The van der Waals surface area contributed by atoms with Crippen LogP contribution in [0, 0.1) is 6.92 Å². The Kier molecular flexibility index (Phi) is 3.90. The lowest BCUT2D eigenvalue weighted by molar-refractivity contribution is 0.646. The topological polar surface area (TPSA) is 61.8 Å². The van der Waals surface area contributed by atoms with Crippen LogP contribution in [0.1, 0.15) is 25.8 Å². The van der Waals surface area contributed by atoms with Gasteiger partial charge >= 0.3 is 5.69 Å². The van der Waals surface area contributed by atoms with Crippen molar-refractivity contribution in [2.24, 2.45) is 0 Å². The summed E-state index contributed by atoms with van der Waals surface area (Å²) in [6.45, 7) is 6.86. The van der Waals surface area contributed by atoms with Crippen molar-refractivity contribution in [2.75, 3.05) is 0 Å². The van der Waals surface area contributed by atoms with Crippen LogP contribution in [0.3, 0.4) is 0 Å². The molecular formula is C17H20N4O2.